The third kappa shape index (κ3) is 2.98. The van der Waals surface area contributed by atoms with Crippen molar-refractivity contribution in [1.82, 2.24) is 14.9 Å². The Morgan fingerprint density at radius 3 is 2.70 bits per heavy atom. The number of ether oxygens (including phenoxy) is 1. The van der Waals surface area contributed by atoms with Gasteiger partial charge in [-0.2, -0.15) is 0 Å². The van der Waals surface area contributed by atoms with Gasteiger partial charge in [-0.25, -0.2) is 9.97 Å². The molecule has 2 amide bonds. The van der Waals surface area contributed by atoms with E-state index in [-0.39, 0.29) is 11.7 Å². The summed E-state index contributed by atoms with van der Waals surface area (Å²) in [4.78, 5) is 33.4. The van der Waals surface area contributed by atoms with E-state index < -0.39 is 5.91 Å². The van der Waals surface area contributed by atoms with Gasteiger partial charge in [-0.15, -0.1) is 0 Å². The SMILES string of the molecule is COc1ccc(C(=O)N2CCc3[c]nc(C(N)=O)nc3C2)cc1. The highest BCUT2D eigenvalue weighted by molar-refractivity contribution is 5.94. The monoisotopic (exact) mass is 311 g/mol. The van der Waals surface area contributed by atoms with Crippen LogP contribution in [0.4, 0.5) is 0 Å². The van der Waals surface area contributed by atoms with E-state index in [4.69, 9.17) is 10.5 Å². The Balaban J connectivity index is 1.81. The van der Waals surface area contributed by atoms with Crippen molar-refractivity contribution in [2.24, 2.45) is 5.73 Å². The summed E-state index contributed by atoms with van der Waals surface area (Å²) in [6, 6.07) is 6.92. The highest BCUT2D eigenvalue weighted by Gasteiger charge is 2.24. The van der Waals surface area contributed by atoms with Gasteiger partial charge in [0.05, 0.1) is 25.5 Å². The van der Waals surface area contributed by atoms with Crippen LogP contribution in [-0.2, 0) is 13.0 Å². The summed E-state index contributed by atoms with van der Waals surface area (Å²) in [5.74, 6) is -0.193. The number of fused-ring (bicyclic) bond motifs is 1. The highest BCUT2D eigenvalue weighted by atomic mass is 16.5. The molecular formula is C16H15N4O3. The van der Waals surface area contributed by atoms with E-state index in [0.29, 0.717) is 36.5 Å². The van der Waals surface area contributed by atoms with Gasteiger partial charge < -0.3 is 15.4 Å². The first-order chi connectivity index (χ1) is 11.1. The molecule has 1 radical (unpaired) electrons. The first-order valence-electron chi connectivity index (χ1n) is 7.09. The molecule has 2 aromatic rings. The summed E-state index contributed by atoms with van der Waals surface area (Å²) < 4.78 is 5.09. The second kappa shape index (κ2) is 6.04. The molecule has 0 atom stereocenters. The smallest absolute Gasteiger partial charge is 0.286 e. The van der Waals surface area contributed by atoms with Crippen molar-refractivity contribution in [3.8, 4) is 5.75 Å². The molecule has 0 spiro atoms. The zero-order valence-corrected chi connectivity index (χ0v) is 12.6. The van der Waals surface area contributed by atoms with Gasteiger partial charge in [0.25, 0.3) is 11.8 Å². The molecule has 0 bridgehead atoms. The van der Waals surface area contributed by atoms with Gasteiger partial charge in [0.15, 0.2) is 0 Å². The van der Waals surface area contributed by atoms with Crippen molar-refractivity contribution >= 4 is 11.8 Å². The van der Waals surface area contributed by atoms with E-state index in [0.717, 1.165) is 5.56 Å². The summed E-state index contributed by atoms with van der Waals surface area (Å²) in [7, 11) is 1.57. The molecule has 7 nitrogen and oxygen atoms in total. The third-order valence-electron chi connectivity index (χ3n) is 3.70. The number of hydrogen-bond donors (Lipinski definition) is 1. The molecule has 1 aliphatic rings. The predicted octanol–water partition coefficient (Wildman–Crippen LogP) is 0.583. The molecular weight excluding hydrogens is 296 g/mol. The summed E-state index contributed by atoms with van der Waals surface area (Å²) in [6.07, 6.45) is 3.38. The van der Waals surface area contributed by atoms with E-state index in [1.807, 2.05) is 0 Å². The van der Waals surface area contributed by atoms with Gasteiger partial charge in [-0.1, -0.05) is 0 Å². The zero-order chi connectivity index (χ0) is 16.4. The number of carbonyl (C=O) groups is 2. The number of methoxy groups -OCH3 is 1. The highest BCUT2D eigenvalue weighted by Crippen LogP contribution is 2.19. The van der Waals surface area contributed by atoms with E-state index >= 15 is 0 Å². The predicted molar refractivity (Wildman–Crippen MR) is 80.8 cm³/mol. The van der Waals surface area contributed by atoms with E-state index in [9.17, 15) is 9.59 Å². The Labute approximate surface area is 133 Å². The summed E-state index contributed by atoms with van der Waals surface area (Å²) in [5, 5.41) is 0. The zero-order valence-electron chi connectivity index (χ0n) is 12.6. The van der Waals surface area contributed by atoms with Crippen LogP contribution in [0.2, 0.25) is 0 Å². The summed E-state index contributed by atoms with van der Waals surface area (Å²) >= 11 is 0. The van der Waals surface area contributed by atoms with Crippen molar-refractivity contribution in [2.75, 3.05) is 13.7 Å². The van der Waals surface area contributed by atoms with Crippen molar-refractivity contribution in [3.05, 3.63) is 53.1 Å². The molecule has 0 unspecified atom stereocenters. The molecule has 0 saturated carbocycles. The third-order valence-corrected chi connectivity index (χ3v) is 3.70. The van der Waals surface area contributed by atoms with Crippen LogP contribution in [0.3, 0.4) is 0 Å². The van der Waals surface area contributed by atoms with Crippen molar-refractivity contribution in [2.45, 2.75) is 13.0 Å². The lowest BCUT2D eigenvalue weighted by Crippen LogP contribution is -2.37. The van der Waals surface area contributed by atoms with Crippen LogP contribution in [0.5, 0.6) is 5.75 Å². The number of primary amides is 1. The number of nitrogens with zero attached hydrogens (tertiary/aromatic N) is 3. The topological polar surface area (TPSA) is 98.4 Å². The summed E-state index contributed by atoms with van der Waals surface area (Å²) in [6.45, 7) is 0.854. The van der Waals surface area contributed by atoms with Gasteiger partial charge >= 0.3 is 0 Å². The Hall–Kier alpha value is -2.96. The van der Waals surface area contributed by atoms with Gasteiger partial charge in [-0.3, -0.25) is 9.59 Å². The molecule has 1 aromatic carbocycles. The van der Waals surface area contributed by atoms with Gasteiger partial charge in [0, 0.05) is 17.7 Å². The van der Waals surface area contributed by atoms with Crippen LogP contribution in [0.15, 0.2) is 24.3 Å². The second-order valence-corrected chi connectivity index (χ2v) is 5.15. The van der Waals surface area contributed by atoms with Crippen LogP contribution in [-0.4, -0.2) is 40.3 Å². The van der Waals surface area contributed by atoms with E-state index in [1.54, 1.807) is 36.3 Å². The first-order valence-corrected chi connectivity index (χ1v) is 7.09. The van der Waals surface area contributed by atoms with Crippen LogP contribution in [0.1, 0.15) is 32.2 Å². The molecule has 3 rings (SSSR count). The average Bonchev–Trinajstić information content (AvgIpc) is 2.60. The lowest BCUT2D eigenvalue weighted by Gasteiger charge is -2.28. The van der Waals surface area contributed by atoms with Gasteiger partial charge in [0.1, 0.15) is 5.75 Å². The molecule has 0 fully saturated rings. The van der Waals surface area contributed by atoms with E-state index in [2.05, 4.69) is 16.2 Å². The van der Waals surface area contributed by atoms with Crippen LogP contribution >= 0.6 is 0 Å². The largest absolute Gasteiger partial charge is 0.497 e. The number of aromatic nitrogens is 2. The molecule has 1 aromatic heterocycles. The van der Waals surface area contributed by atoms with Crippen molar-refractivity contribution in [1.29, 1.82) is 0 Å². The molecule has 2 heterocycles. The first kappa shape index (κ1) is 15.0. The van der Waals surface area contributed by atoms with E-state index in [1.165, 1.54) is 0 Å². The molecule has 0 aliphatic carbocycles. The lowest BCUT2D eigenvalue weighted by molar-refractivity contribution is 0.0731. The fourth-order valence-corrected chi connectivity index (χ4v) is 2.44. The standard InChI is InChI=1S/C16H15N4O3/c1-23-12-4-2-10(3-5-12)16(22)20-7-6-11-8-18-15(14(17)21)19-13(11)9-20/h2-5H,6-7,9H2,1H3,(H2,17,21). The lowest BCUT2D eigenvalue weighted by atomic mass is 10.1. The number of benzene rings is 1. The minimum Gasteiger partial charge on any atom is -0.497 e. The van der Waals surface area contributed by atoms with Crippen LogP contribution in [0, 0.1) is 6.20 Å². The Kier molecular flexibility index (Phi) is 3.92. The molecule has 2 N–H and O–H groups in total. The Morgan fingerprint density at radius 1 is 1.30 bits per heavy atom. The number of rotatable bonds is 3. The fraction of sp³-hybridized carbons (Fsp3) is 0.250. The second-order valence-electron chi connectivity index (χ2n) is 5.15. The van der Waals surface area contributed by atoms with Crippen molar-refractivity contribution in [3.63, 3.8) is 0 Å². The number of amides is 2. The maximum atomic E-state index is 12.6. The summed E-state index contributed by atoms with van der Waals surface area (Å²) in [5.41, 5.74) is 7.18. The Morgan fingerprint density at radius 2 is 2.04 bits per heavy atom. The molecule has 23 heavy (non-hydrogen) atoms. The quantitative estimate of drug-likeness (QED) is 0.894. The molecule has 0 saturated heterocycles. The fourth-order valence-electron chi connectivity index (χ4n) is 2.44. The number of carbonyl (C=O) groups excluding carboxylic acids is 2. The molecule has 117 valence electrons. The number of nitrogens with two attached hydrogens (primary N) is 1. The molecule has 1 aliphatic heterocycles. The van der Waals surface area contributed by atoms with Crippen LogP contribution in [0.25, 0.3) is 0 Å². The van der Waals surface area contributed by atoms with Gasteiger partial charge in [-0.05, 0) is 30.7 Å². The Bertz CT molecular complexity index is 758. The minimum absolute atomic E-state index is 0.0810. The minimum atomic E-state index is -0.706. The normalized spacial score (nSPS) is 13.3. The van der Waals surface area contributed by atoms with Crippen LogP contribution < -0.4 is 10.5 Å². The van der Waals surface area contributed by atoms with Crippen molar-refractivity contribution < 1.29 is 14.3 Å². The number of hydrogen-bond acceptors (Lipinski definition) is 5. The maximum absolute atomic E-state index is 12.6. The maximum Gasteiger partial charge on any atom is 0.286 e. The van der Waals surface area contributed by atoms with Gasteiger partial charge in [0.2, 0.25) is 5.82 Å². The molecule has 7 heteroatoms. The average molecular weight is 311 g/mol.